The monoisotopic (exact) mass is 445 g/mol. The molecular formula is C21H22F3N7O. The van der Waals surface area contributed by atoms with Gasteiger partial charge >= 0.3 is 6.18 Å². The molecule has 1 aliphatic rings. The van der Waals surface area contributed by atoms with E-state index in [1.807, 2.05) is 6.92 Å². The second kappa shape index (κ2) is 8.56. The summed E-state index contributed by atoms with van der Waals surface area (Å²) >= 11 is 0. The zero-order valence-electron chi connectivity index (χ0n) is 17.5. The van der Waals surface area contributed by atoms with Crippen molar-refractivity contribution in [2.24, 2.45) is 0 Å². The molecule has 1 aliphatic heterocycles. The van der Waals surface area contributed by atoms with Crippen molar-refractivity contribution >= 4 is 11.7 Å². The van der Waals surface area contributed by atoms with Crippen LogP contribution in [0, 0.1) is 6.92 Å². The van der Waals surface area contributed by atoms with E-state index in [2.05, 4.69) is 25.5 Å². The number of piperidine rings is 1. The molecule has 0 spiro atoms. The van der Waals surface area contributed by atoms with Gasteiger partial charge in [-0.05, 0) is 51.0 Å². The molecule has 3 aromatic rings. The molecule has 3 aromatic heterocycles. The molecule has 32 heavy (non-hydrogen) atoms. The predicted molar refractivity (Wildman–Crippen MR) is 110 cm³/mol. The largest absolute Gasteiger partial charge is 0.417 e. The molecule has 0 bridgehead atoms. The summed E-state index contributed by atoms with van der Waals surface area (Å²) in [5.41, 5.74) is 0.623. The standard InChI is InChI=1S/C21H22F3N7O/c1-13-5-7-17(31-26-9-10-27-31)19(28-13)20(32)30-11-3-4-16(14(30)2)29-18-8-6-15(12-25-18)21(22,23)24/h5-10,12,14,16H,3-4,11H2,1-2H3,(H,25,29)/t14-,16?/m0/s1. The lowest BCUT2D eigenvalue weighted by molar-refractivity contribution is -0.137. The lowest BCUT2D eigenvalue weighted by Crippen LogP contribution is -2.52. The maximum Gasteiger partial charge on any atom is 0.417 e. The third kappa shape index (κ3) is 4.41. The van der Waals surface area contributed by atoms with E-state index in [0.717, 1.165) is 25.1 Å². The van der Waals surface area contributed by atoms with Crippen molar-refractivity contribution in [2.45, 2.75) is 44.9 Å². The Balaban J connectivity index is 1.54. The molecule has 0 saturated carbocycles. The average molecular weight is 445 g/mol. The van der Waals surface area contributed by atoms with E-state index in [4.69, 9.17) is 0 Å². The Morgan fingerprint density at radius 3 is 2.56 bits per heavy atom. The van der Waals surface area contributed by atoms with Gasteiger partial charge in [0.05, 0.1) is 18.0 Å². The van der Waals surface area contributed by atoms with E-state index < -0.39 is 11.7 Å². The molecule has 11 heteroatoms. The summed E-state index contributed by atoms with van der Waals surface area (Å²) in [5.74, 6) is 0.0830. The number of anilines is 1. The number of nitrogens with one attached hydrogen (secondary N) is 1. The van der Waals surface area contributed by atoms with Crippen LogP contribution in [0.4, 0.5) is 19.0 Å². The summed E-state index contributed by atoms with van der Waals surface area (Å²) in [6.45, 7) is 4.25. The minimum absolute atomic E-state index is 0.173. The number of likely N-dealkylation sites (tertiary alicyclic amines) is 1. The van der Waals surface area contributed by atoms with Gasteiger partial charge in [0.2, 0.25) is 0 Å². The van der Waals surface area contributed by atoms with Gasteiger partial charge in [-0.15, -0.1) is 4.80 Å². The molecule has 4 heterocycles. The SMILES string of the molecule is Cc1ccc(-n2nccn2)c(C(=O)N2CCCC(Nc3ccc(C(F)(F)F)cn3)[C@@H]2C)n1. The Kier molecular flexibility index (Phi) is 5.81. The minimum Gasteiger partial charge on any atom is -0.365 e. The van der Waals surface area contributed by atoms with Crippen LogP contribution in [0.25, 0.3) is 5.69 Å². The first-order chi connectivity index (χ1) is 15.2. The first-order valence-electron chi connectivity index (χ1n) is 10.2. The lowest BCUT2D eigenvalue weighted by Gasteiger charge is -2.40. The maximum absolute atomic E-state index is 13.5. The van der Waals surface area contributed by atoms with Crippen molar-refractivity contribution in [2.75, 3.05) is 11.9 Å². The van der Waals surface area contributed by atoms with Crippen molar-refractivity contribution in [1.82, 2.24) is 29.9 Å². The van der Waals surface area contributed by atoms with Crippen LogP contribution in [0.5, 0.6) is 0 Å². The van der Waals surface area contributed by atoms with Crippen molar-refractivity contribution in [1.29, 1.82) is 0 Å². The van der Waals surface area contributed by atoms with E-state index in [-0.39, 0.29) is 23.7 Å². The van der Waals surface area contributed by atoms with Gasteiger partial charge in [0.1, 0.15) is 11.5 Å². The van der Waals surface area contributed by atoms with Gasteiger partial charge in [0, 0.05) is 30.5 Å². The maximum atomic E-state index is 13.5. The molecule has 1 saturated heterocycles. The second-order valence-corrected chi connectivity index (χ2v) is 7.70. The average Bonchev–Trinajstić information content (AvgIpc) is 3.29. The second-order valence-electron chi connectivity index (χ2n) is 7.70. The molecule has 4 rings (SSSR count). The molecule has 8 nitrogen and oxygen atoms in total. The highest BCUT2D eigenvalue weighted by Gasteiger charge is 2.34. The van der Waals surface area contributed by atoms with E-state index in [1.54, 1.807) is 24.0 Å². The predicted octanol–water partition coefficient (Wildman–Crippen LogP) is 3.49. The zero-order valence-corrected chi connectivity index (χ0v) is 17.5. The third-order valence-electron chi connectivity index (χ3n) is 5.52. The molecule has 168 valence electrons. The number of aromatic nitrogens is 5. The van der Waals surface area contributed by atoms with Crippen LogP contribution >= 0.6 is 0 Å². The Bertz CT molecular complexity index is 1080. The van der Waals surface area contributed by atoms with Crippen molar-refractivity contribution in [3.05, 3.63) is 59.8 Å². The number of carbonyl (C=O) groups is 1. The highest BCUT2D eigenvalue weighted by molar-refractivity contribution is 5.96. The normalized spacial score (nSPS) is 19.1. The third-order valence-corrected chi connectivity index (χ3v) is 5.52. The highest BCUT2D eigenvalue weighted by Crippen LogP contribution is 2.29. The molecule has 0 aromatic carbocycles. The number of halogens is 3. The number of hydrogen-bond acceptors (Lipinski definition) is 6. The van der Waals surface area contributed by atoms with Crippen LogP contribution in [-0.4, -0.2) is 54.4 Å². The smallest absolute Gasteiger partial charge is 0.365 e. The Labute approximate surface area is 182 Å². The van der Waals surface area contributed by atoms with Gasteiger partial charge < -0.3 is 10.2 Å². The fourth-order valence-electron chi connectivity index (χ4n) is 3.80. The van der Waals surface area contributed by atoms with Gasteiger partial charge in [0.25, 0.3) is 5.91 Å². The summed E-state index contributed by atoms with van der Waals surface area (Å²) in [6.07, 6.45) is 0.898. The number of nitrogens with zero attached hydrogens (tertiary/aromatic N) is 6. The van der Waals surface area contributed by atoms with E-state index in [0.29, 0.717) is 23.7 Å². The number of pyridine rings is 2. The molecule has 0 radical (unpaired) electrons. The quantitative estimate of drug-likeness (QED) is 0.662. The van der Waals surface area contributed by atoms with Gasteiger partial charge in [-0.2, -0.15) is 23.4 Å². The summed E-state index contributed by atoms with van der Waals surface area (Å²) < 4.78 is 38.3. The van der Waals surface area contributed by atoms with Crippen LogP contribution in [0.2, 0.25) is 0 Å². The topological polar surface area (TPSA) is 88.8 Å². The first-order valence-corrected chi connectivity index (χ1v) is 10.2. The molecule has 2 atom stereocenters. The number of amides is 1. The van der Waals surface area contributed by atoms with Crippen molar-refractivity contribution in [3.63, 3.8) is 0 Å². The number of aryl methyl sites for hydroxylation is 1. The van der Waals surface area contributed by atoms with E-state index in [1.165, 1.54) is 23.3 Å². The number of rotatable bonds is 4. The van der Waals surface area contributed by atoms with Crippen molar-refractivity contribution < 1.29 is 18.0 Å². The molecule has 1 N–H and O–H groups in total. The first kappa shape index (κ1) is 21.7. The van der Waals surface area contributed by atoms with Crippen LogP contribution in [0.1, 0.15) is 41.5 Å². The van der Waals surface area contributed by atoms with Crippen LogP contribution in [0.15, 0.2) is 42.9 Å². The zero-order chi connectivity index (χ0) is 22.9. The van der Waals surface area contributed by atoms with Gasteiger partial charge in [0.15, 0.2) is 5.69 Å². The van der Waals surface area contributed by atoms with Gasteiger partial charge in [-0.25, -0.2) is 9.97 Å². The molecule has 1 fully saturated rings. The fourth-order valence-corrected chi connectivity index (χ4v) is 3.80. The number of hydrogen-bond donors (Lipinski definition) is 1. The number of alkyl halides is 3. The molecule has 1 amide bonds. The van der Waals surface area contributed by atoms with E-state index in [9.17, 15) is 18.0 Å². The summed E-state index contributed by atoms with van der Waals surface area (Å²) in [6, 6.07) is 5.43. The summed E-state index contributed by atoms with van der Waals surface area (Å²) in [4.78, 5) is 24.9. The van der Waals surface area contributed by atoms with Crippen LogP contribution in [-0.2, 0) is 6.18 Å². The van der Waals surface area contributed by atoms with Gasteiger partial charge in [-0.1, -0.05) is 0 Å². The minimum atomic E-state index is -4.44. The Morgan fingerprint density at radius 1 is 1.16 bits per heavy atom. The summed E-state index contributed by atoms with van der Waals surface area (Å²) in [5, 5.41) is 11.4. The van der Waals surface area contributed by atoms with Crippen molar-refractivity contribution in [3.8, 4) is 5.69 Å². The summed E-state index contributed by atoms with van der Waals surface area (Å²) in [7, 11) is 0. The lowest BCUT2D eigenvalue weighted by atomic mass is 9.96. The number of carbonyl (C=O) groups excluding carboxylic acids is 1. The van der Waals surface area contributed by atoms with Gasteiger partial charge in [-0.3, -0.25) is 4.79 Å². The van der Waals surface area contributed by atoms with Crippen LogP contribution < -0.4 is 5.32 Å². The highest BCUT2D eigenvalue weighted by atomic mass is 19.4. The molecule has 0 aliphatic carbocycles. The molecule has 1 unspecified atom stereocenters. The molecular weight excluding hydrogens is 423 g/mol. The van der Waals surface area contributed by atoms with E-state index >= 15 is 0 Å². The van der Waals surface area contributed by atoms with Crippen LogP contribution in [0.3, 0.4) is 0 Å². The Morgan fingerprint density at radius 2 is 1.91 bits per heavy atom. The fraction of sp³-hybridized carbons (Fsp3) is 0.381. The Hall–Kier alpha value is -3.50.